The van der Waals surface area contributed by atoms with Gasteiger partial charge in [-0.1, -0.05) is 6.07 Å². The first-order valence-corrected chi connectivity index (χ1v) is 8.20. The summed E-state index contributed by atoms with van der Waals surface area (Å²) in [6, 6.07) is 7.27. The van der Waals surface area contributed by atoms with Crippen LogP contribution < -0.4 is 16.0 Å². The number of benzene rings is 1. The second-order valence-electron chi connectivity index (χ2n) is 6.24. The predicted octanol–water partition coefficient (Wildman–Crippen LogP) is 1.20. The molecule has 4 N–H and O–H groups in total. The second kappa shape index (κ2) is 6.09. The summed E-state index contributed by atoms with van der Waals surface area (Å²) in [6.07, 6.45) is 2.92. The van der Waals surface area contributed by atoms with E-state index in [2.05, 4.69) is 26.1 Å². The van der Waals surface area contributed by atoms with Gasteiger partial charge < -0.3 is 16.0 Å². The summed E-state index contributed by atoms with van der Waals surface area (Å²) in [5.41, 5.74) is 3.47. The molecule has 1 saturated carbocycles. The molecule has 1 fully saturated rings. The zero-order valence-electron chi connectivity index (χ0n) is 13.2. The van der Waals surface area contributed by atoms with E-state index in [4.69, 9.17) is 0 Å². The van der Waals surface area contributed by atoms with Crippen LogP contribution in [0.15, 0.2) is 24.3 Å². The molecule has 1 aromatic heterocycles. The molecule has 0 spiro atoms. The molecular weight excluding hydrogens is 306 g/mol. The van der Waals surface area contributed by atoms with E-state index in [1.165, 1.54) is 0 Å². The number of aromatic nitrogens is 2. The largest absolute Gasteiger partial charge is 0.349 e. The van der Waals surface area contributed by atoms with Gasteiger partial charge in [-0.15, -0.1) is 0 Å². The standard InChI is InChI=1S/C17H19N5O2/c23-16(19-11-4-5-11)10-2-1-3-12(8-10)20-17(24)15-13-9-18-7-6-14(13)21-22-15/h1-3,8,11,18H,4-7,9H2,(H,19,23)(H,20,24)(H,21,22). The Morgan fingerprint density at radius 1 is 1.21 bits per heavy atom. The Labute approximate surface area is 139 Å². The summed E-state index contributed by atoms with van der Waals surface area (Å²) in [5, 5.41) is 16.1. The van der Waals surface area contributed by atoms with Gasteiger partial charge in [0.1, 0.15) is 0 Å². The SMILES string of the molecule is O=C(NC1CC1)c1cccc(NC(=O)c2n[nH]c3c2CNCC3)c1. The topological polar surface area (TPSA) is 98.9 Å². The highest BCUT2D eigenvalue weighted by Crippen LogP contribution is 2.21. The van der Waals surface area contributed by atoms with Crippen molar-refractivity contribution in [1.29, 1.82) is 0 Å². The average Bonchev–Trinajstić information content (AvgIpc) is 3.30. The van der Waals surface area contributed by atoms with Crippen LogP contribution in [0.5, 0.6) is 0 Å². The lowest BCUT2D eigenvalue weighted by molar-refractivity contribution is 0.0949. The molecule has 2 heterocycles. The summed E-state index contributed by atoms with van der Waals surface area (Å²) < 4.78 is 0. The zero-order valence-corrected chi connectivity index (χ0v) is 13.2. The van der Waals surface area contributed by atoms with Gasteiger partial charge in [0.05, 0.1) is 0 Å². The summed E-state index contributed by atoms with van der Waals surface area (Å²) in [4.78, 5) is 24.6. The van der Waals surface area contributed by atoms with Gasteiger partial charge in [-0.05, 0) is 31.0 Å². The van der Waals surface area contributed by atoms with Crippen molar-refractivity contribution in [1.82, 2.24) is 20.8 Å². The first kappa shape index (κ1) is 14.9. The average molecular weight is 325 g/mol. The highest BCUT2D eigenvalue weighted by atomic mass is 16.2. The lowest BCUT2D eigenvalue weighted by Gasteiger charge is -2.13. The van der Waals surface area contributed by atoms with E-state index >= 15 is 0 Å². The van der Waals surface area contributed by atoms with Crippen LogP contribution in [0.1, 0.15) is 44.9 Å². The van der Waals surface area contributed by atoms with E-state index in [0.717, 1.165) is 37.1 Å². The first-order valence-electron chi connectivity index (χ1n) is 8.20. The zero-order chi connectivity index (χ0) is 16.5. The summed E-state index contributed by atoms with van der Waals surface area (Å²) >= 11 is 0. The van der Waals surface area contributed by atoms with Gasteiger partial charge in [0, 0.05) is 48.1 Å². The van der Waals surface area contributed by atoms with Crippen molar-refractivity contribution in [2.45, 2.75) is 31.8 Å². The molecule has 0 atom stereocenters. The molecule has 1 aromatic carbocycles. The lowest BCUT2D eigenvalue weighted by Crippen LogP contribution is -2.26. The molecule has 4 rings (SSSR count). The third-order valence-corrected chi connectivity index (χ3v) is 4.32. The van der Waals surface area contributed by atoms with E-state index in [1.807, 2.05) is 0 Å². The van der Waals surface area contributed by atoms with Crippen molar-refractivity contribution in [3.8, 4) is 0 Å². The monoisotopic (exact) mass is 325 g/mol. The Morgan fingerprint density at radius 3 is 2.92 bits per heavy atom. The number of H-pyrrole nitrogens is 1. The number of rotatable bonds is 4. The number of carbonyl (C=O) groups excluding carboxylic acids is 2. The van der Waals surface area contributed by atoms with E-state index in [9.17, 15) is 9.59 Å². The number of nitrogens with zero attached hydrogens (tertiary/aromatic N) is 1. The summed E-state index contributed by atoms with van der Waals surface area (Å²) in [6.45, 7) is 1.52. The number of aromatic amines is 1. The fourth-order valence-corrected chi connectivity index (χ4v) is 2.84. The molecule has 0 saturated heterocycles. The van der Waals surface area contributed by atoms with Crippen LogP contribution in [0.4, 0.5) is 5.69 Å². The van der Waals surface area contributed by atoms with Crippen LogP contribution in [-0.4, -0.2) is 34.6 Å². The van der Waals surface area contributed by atoms with E-state index in [0.29, 0.717) is 29.5 Å². The lowest BCUT2D eigenvalue weighted by atomic mass is 10.1. The van der Waals surface area contributed by atoms with Gasteiger partial charge in [-0.3, -0.25) is 14.7 Å². The molecule has 1 aliphatic heterocycles. The third kappa shape index (κ3) is 3.03. The van der Waals surface area contributed by atoms with E-state index in [-0.39, 0.29) is 11.8 Å². The highest BCUT2D eigenvalue weighted by molar-refractivity contribution is 6.05. The van der Waals surface area contributed by atoms with Crippen LogP contribution in [0.3, 0.4) is 0 Å². The quantitative estimate of drug-likeness (QED) is 0.679. The van der Waals surface area contributed by atoms with Crippen molar-refractivity contribution in [3.05, 3.63) is 46.8 Å². The molecule has 7 nitrogen and oxygen atoms in total. The molecule has 124 valence electrons. The Balaban J connectivity index is 1.49. The van der Waals surface area contributed by atoms with Gasteiger partial charge in [-0.25, -0.2) is 0 Å². The summed E-state index contributed by atoms with van der Waals surface area (Å²) in [5.74, 6) is -0.370. The minimum atomic E-state index is -0.268. The van der Waals surface area contributed by atoms with E-state index in [1.54, 1.807) is 24.3 Å². The maximum Gasteiger partial charge on any atom is 0.276 e. The van der Waals surface area contributed by atoms with Gasteiger partial charge in [0.25, 0.3) is 11.8 Å². The Bertz CT molecular complexity index is 794. The number of hydrogen-bond donors (Lipinski definition) is 4. The number of anilines is 1. The van der Waals surface area contributed by atoms with E-state index < -0.39 is 0 Å². The van der Waals surface area contributed by atoms with Crippen molar-refractivity contribution >= 4 is 17.5 Å². The summed E-state index contributed by atoms with van der Waals surface area (Å²) in [7, 11) is 0. The highest BCUT2D eigenvalue weighted by Gasteiger charge is 2.24. The van der Waals surface area contributed by atoms with Crippen molar-refractivity contribution in [2.75, 3.05) is 11.9 Å². The van der Waals surface area contributed by atoms with Crippen LogP contribution in [0.25, 0.3) is 0 Å². The van der Waals surface area contributed by atoms with Crippen LogP contribution >= 0.6 is 0 Å². The Kier molecular flexibility index (Phi) is 3.78. The second-order valence-corrected chi connectivity index (χ2v) is 6.24. The number of hydrogen-bond acceptors (Lipinski definition) is 4. The molecular formula is C17H19N5O2. The third-order valence-electron chi connectivity index (χ3n) is 4.32. The molecule has 0 bridgehead atoms. The van der Waals surface area contributed by atoms with Crippen molar-refractivity contribution in [3.63, 3.8) is 0 Å². The Morgan fingerprint density at radius 2 is 2.08 bits per heavy atom. The molecule has 1 aliphatic carbocycles. The Hall–Kier alpha value is -2.67. The number of nitrogens with one attached hydrogen (secondary N) is 4. The van der Waals surface area contributed by atoms with Crippen LogP contribution in [-0.2, 0) is 13.0 Å². The maximum atomic E-state index is 12.5. The van der Waals surface area contributed by atoms with Gasteiger partial charge in [0.2, 0.25) is 0 Å². The first-order chi connectivity index (χ1) is 11.7. The van der Waals surface area contributed by atoms with Gasteiger partial charge in [0.15, 0.2) is 5.69 Å². The normalized spacial score (nSPS) is 16.3. The van der Waals surface area contributed by atoms with Gasteiger partial charge >= 0.3 is 0 Å². The van der Waals surface area contributed by atoms with Crippen LogP contribution in [0, 0.1) is 0 Å². The van der Waals surface area contributed by atoms with Gasteiger partial charge in [-0.2, -0.15) is 5.10 Å². The maximum absolute atomic E-state index is 12.5. The molecule has 0 unspecified atom stereocenters. The fourth-order valence-electron chi connectivity index (χ4n) is 2.84. The smallest absolute Gasteiger partial charge is 0.276 e. The minimum absolute atomic E-state index is 0.102. The molecule has 2 aromatic rings. The van der Waals surface area contributed by atoms with Crippen molar-refractivity contribution < 1.29 is 9.59 Å². The number of amides is 2. The molecule has 24 heavy (non-hydrogen) atoms. The van der Waals surface area contributed by atoms with Crippen LogP contribution in [0.2, 0.25) is 0 Å². The number of carbonyl (C=O) groups is 2. The molecule has 2 aliphatic rings. The molecule has 7 heteroatoms. The fraction of sp³-hybridized carbons (Fsp3) is 0.353. The minimum Gasteiger partial charge on any atom is -0.349 e. The van der Waals surface area contributed by atoms with Crippen molar-refractivity contribution in [2.24, 2.45) is 0 Å². The molecule has 2 amide bonds. The number of fused-ring (bicyclic) bond motifs is 1. The predicted molar refractivity (Wildman–Crippen MR) is 88.9 cm³/mol. The molecule has 0 radical (unpaired) electrons.